The summed E-state index contributed by atoms with van der Waals surface area (Å²) in [6.07, 6.45) is 0. The molecule has 0 spiro atoms. The Kier molecular flexibility index (Phi) is 7.45. The molecule has 172 valence electrons. The second kappa shape index (κ2) is 10.5. The molecule has 1 N–H and O–H groups in total. The maximum absolute atomic E-state index is 12.8. The van der Waals surface area contributed by atoms with E-state index in [-0.39, 0.29) is 5.91 Å². The van der Waals surface area contributed by atoms with Crippen LogP contribution in [0.15, 0.2) is 83.8 Å². The number of sulfonamides is 1. The Hall–Kier alpha value is -2.71. The number of carbonyl (C=O) groups excluding carboxylic acids is 1. The fourth-order valence-corrected chi connectivity index (χ4v) is 5.45. The van der Waals surface area contributed by atoms with E-state index in [9.17, 15) is 13.2 Å². The average Bonchev–Trinajstić information content (AvgIpc) is 2.85. The molecule has 0 radical (unpaired) electrons. The molecule has 3 aromatic rings. The molecule has 1 saturated heterocycles. The summed E-state index contributed by atoms with van der Waals surface area (Å²) in [4.78, 5) is 15.0. The van der Waals surface area contributed by atoms with Crippen molar-refractivity contribution in [3.63, 3.8) is 0 Å². The SMILES string of the molecule is O=C(NCc1ccccc1Cl)c1ccc(CN2CCN(S(=O)(=O)c3ccccc3)CC2)cc1. The Balaban J connectivity index is 1.28. The Morgan fingerprint density at radius 2 is 1.48 bits per heavy atom. The van der Waals surface area contributed by atoms with Crippen LogP contribution in [0, 0.1) is 0 Å². The van der Waals surface area contributed by atoms with Crippen molar-refractivity contribution in [2.24, 2.45) is 0 Å². The molecule has 6 nitrogen and oxygen atoms in total. The monoisotopic (exact) mass is 483 g/mol. The molecule has 0 saturated carbocycles. The van der Waals surface area contributed by atoms with Crippen LogP contribution in [0.4, 0.5) is 0 Å². The summed E-state index contributed by atoms with van der Waals surface area (Å²) in [6.45, 7) is 3.31. The number of halogens is 1. The van der Waals surface area contributed by atoms with Gasteiger partial charge in [-0.2, -0.15) is 4.31 Å². The topological polar surface area (TPSA) is 69.7 Å². The van der Waals surface area contributed by atoms with Crippen molar-refractivity contribution in [2.45, 2.75) is 18.0 Å². The van der Waals surface area contributed by atoms with Gasteiger partial charge in [0, 0.05) is 49.9 Å². The van der Waals surface area contributed by atoms with Crippen LogP contribution in [0.3, 0.4) is 0 Å². The molecule has 4 rings (SSSR count). The Morgan fingerprint density at radius 1 is 0.848 bits per heavy atom. The molecule has 1 aliphatic heterocycles. The second-order valence-corrected chi connectivity index (χ2v) is 10.3. The van der Waals surface area contributed by atoms with Crippen molar-refractivity contribution in [1.82, 2.24) is 14.5 Å². The van der Waals surface area contributed by atoms with E-state index in [4.69, 9.17) is 11.6 Å². The zero-order chi connectivity index (χ0) is 23.3. The van der Waals surface area contributed by atoms with Gasteiger partial charge in [-0.3, -0.25) is 9.69 Å². The van der Waals surface area contributed by atoms with Gasteiger partial charge in [0.15, 0.2) is 0 Å². The van der Waals surface area contributed by atoms with E-state index in [1.54, 1.807) is 34.6 Å². The highest BCUT2D eigenvalue weighted by molar-refractivity contribution is 7.89. The van der Waals surface area contributed by atoms with Crippen LogP contribution in [0.2, 0.25) is 5.02 Å². The van der Waals surface area contributed by atoms with Gasteiger partial charge in [-0.05, 0) is 41.5 Å². The van der Waals surface area contributed by atoms with Crippen molar-refractivity contribution in [1.29, 1.82) is 0 Å². The van der Waals surface area contributed by atoms with E-state index in [1.165, 1.54) is 0 Å². The van der Waals surface area contributed by atoms with Crippen LogP contribution in [0.25, 0.3) is 0 Å². The standard InChI is InChI=1S/C25H26ClN3O3S/c26-24-9-5-4-6-22(24)18-27-25(30)21-12-10-20(11-13-21)19-28-14-16-29(17-15-28)33(31,32)23-7-2-1-3-8-23/h1-13H,14-19H2,(H,27,30). The van der Waals surface area contributed by atoms with Crippen molar-refractivity contribution in [3.05, 3.63) is 101 Å². The Morgan fingerprint density at radius 3 is 2.15 bits per heavy atom. The van der Waals surface area contributed by atoms with Gasteiger partial charge in [-0.25, -0.2) is 8.42 Å². The Labute approximate surface area is 199 Å². The van der Waals surface area contributed by atoms with Gasteiger partial charge >= 0.3 is 0 Å². The molecule has 1 aliphatic rings. The van der Waals surface area contributed by atoms with Crippen LogP contribution in [-0.2, 0) is 23.1 Å². The largest absolute Gasteiger partial charge is 0.348 e. The number of nitrogens with zero attached hydrogens (tertiary/aromatic N) is 2. The van der Waals surface area contributed by atoms with E-state index < -0.39 is 10.0 Å². The summed E-state index contributed by atoms with van der Waals surface area (Å²) in [6, 6.07) is 23.5. The number of benzene rings is 3. The summed E-state index contributed by atoms with van der Waals surface area (Å²) < 4.78 is 27.1. The highest BCUT2D eigenvalue weighted by atomic mass is 35.5. The van der Waals surface area contributed by atoms with E-state index >= 15 is 0 Å². The lowest BCUT2D eigenvalue weighted by Crippen LogP contribution is -2.48. The number of amides is 1. The number of nitrogens with one attached hydrogen (secondary N) is 1. The molecular weight excluding hydrogens is 458 g/mol. The third-order valence-electron chi connectivity index (χ3n) is 5.73. The minimum absolute atomic E-state index is 0.152. The van der Waals surface area contributed by atoms with Gasteiger partial charge in [-0.15, -0.1) is 0 Å². The van der Waals surface area contributed by atoms with Crippen molar-refractivity contribution >= 4 is 27.5 Å². The van der Waals surface area contributed by atoms with E-state index in [0.717, 1.165) is 11.1 Å². The molecule has 0 aromatic heterocycles. The molecule has 0 atom stereocenters. The van der Waals surface area contributed by atoms with Gasteiger partial charge in [0.05, 0.1) is 4.90 Å². The van der Waals surface area contributed by atoms with Gasteiger partial charge in [0.2, 0.25) is 10.0 Å². The van der Waals surface area contributed by atoms with Gasteiger partial charge in [0.1, 0.15) is 0 Å². The number of rotatable bonds is 7. The first kappa shape index (κ1) is 23.4. The van der Waals surface area contributed by atoms with Crippen molar-refractivity contribution in [3.8, 4) is 0 Å². The predicted octanol–water partition coefficient (Wildman–Crippen LogP) is 3.78. The quantitative estimate of drug-likeness (QED) is 0.555. The van der Waals surface area contributed by atoms with E-state index in [0.29, 0.717) is 54.8 Å². The lowest BCUT2D eigenvalue weighted by molar-refractivity contribution is 0.0951. The lowest BCUT2D eigenvalue weighted by atomic mass is 10.1. The number of piperazine rings is 1. The predicted molar refractivity (Wildman–Crippen MR) is 130 cm³/mol. The number of hydrogen-bond acceptors (Lipinski definition) is 4. The minimum atomic E-state index is -3.45. The second-order valence-electron chi connectivity index (χ2n) is 7.96. The first-order chi connectivity index (χ1) is 15.9. The first-order valence-corrected chi connectivity index (χ1v) is 12.6. The molecule has 0 unspecified atom stereocenters. The molecule has 1 heterocycles. The van der Waals surface area contributed by atoms with E-state index in [1.807, 2.05) is 48.5 Å². The van der Waals surface area contributed by atoms with Gasteiger partial charge in [-0.1, -0.05) is 60.1 Å². The first-order valence-electron chi connectivity index (χ1n) is 10.8. The third-order valence-corrected chi connectivity index (χ3v) is 8.01. The van der Waals surface area contributed by atoms with Crippen molar-refractivity contribution < 1.29 is 13.2 Å². The molecule has 8 heteroatoms. The average molecular weight is 484 g/mol. The summed E-state index contributed by atoms with van der Waals surface area (Å²) in [7, 11) is -3.45. The third kappa shape index (κ3) is 5.81. The van der Waals surface area contributed by atoms with Gasteiger partial charge < -0.3 is 5.32 Å². The molecule has 33 heavy (non-hydrogen) atoms. The lowest BCUT2D eigenvalue weighted by Gasteiger charge is -2.34. The molecule has 3 aromatic carbocycles. The van der Waals surface area contributed by atoms with Crippen LogP contribution in [0.1, 0.15) is 21.5 Å². The van der Waals surface area contributed by atoms with Crippen LogP contribution in [-0.4, -0.2) is 49.7 Å². The summed E-state index contributed by atoms with van der Waals surface area (Å²) in [5, 5.41) is 3.52. The van der Waals surface area contributed by atoms with Crippen LogP contribution >= 0.6 is 11.6 Å². The molecule has 0 bridgehead atoms. The van der Waals surface area contributed by atoms with Crippen LogP contribution in [0.5, 0.6) is 0 Å². The summed E-state index contributed by atoms with van der Waals surface area (Å²) >= 11 is 6.14. The number of carbonyl (C=O) groups is 1. The zero-order valence-corrected chi connectivity index (χ0v) is 19.7. The Bertz CT molecular complexity index is 1190. The minimum Gasteiger partial charge on any atom is -0.348 e. The normalized spacial score (nSPS) is 15.3. The maximum atomic E-state index is 12.8. The molecular formula is C25H26ClN3O3S. The van der Waals surface area contributed by atoms with E-state index in [2.05, 4.69) is 10.2 Å². The van der Waals surface area contributed by atoms with Crippen molar-refractivity contribution in [2.75, 3.05) is 26.2 Å². The van der Waals surface area contributed by atoms with Gasteiger partial charge in [0.25, 0.3) is 5.91 Å². The molecule has 1 fully saturated rings. The number of hydrogen-bond donors (Lipinski definition) is 1. The molecule has 1 amide bonds. The fraction of sp³-hybridized carbons (Fsp3) is 0.240. The summed E-state index contributed by atoms with van der Waals surface area (Å²) in [5.74, 6) is -0.152. The maximum Gasteiger partial charge on any atom is 0.251 e. The zero-order valence-electron chi connectivity index (χ0n) is 18.2. The fourth-order valence-electron chi connectivity index (χ4n) is 3.81. The summed E-state index contributed by atoms with van der Waals surface area (Å²) in [5.41, 5.74) is 2.54. The highest BCUT2D eigenvalue weighted by Gasteiger charge is 2.28. The smallest absolute Gasteiger partial charge is 0.251 e. The highest BCUT2D eigenvalue weighted by Crippen LogP contribution is 2.19. The van der Waals surface area contributed by atoms with Crippen LogP contribution < -0.4 is 5.32 Å². The molecule has 0 aliphatic carbocycles.